The quantitative estimate of drug-likeness (QED) is 0.245. The van der Waals surface area contributed by atoms with Gasteiger partial charge >= 0.3 is 19.3 Å². The summed E-state index contributed by atoms with van der Waals surface area (Å²) in [6, 6.07) is 4.60. The van der Waals surface area contributed by atoms with Gasteiger partial charge in [-0.15, -0.1) is 0 Å². The number of halogens is 4. The van der Waals surface area contributed by atoms with E-state index >= 15 is 0 Å². The van der Waals surface area contributed by atoms with E-state index in [9.17, 15) is 22.8 Å². The van der Waals surface area contributed by atoms with Crippen LogP contribution in [-0.4, -0.2) is 56.0 Å². The van der Waals surface area contributed by atoms with Gasteiger partial charge in [0.05, 0.1) is 24.8 Å². The smallest absolute Gasteiger partial charge is 0.482 e. The normalized spacial score (nSPS) is 28.2. The largest absolute Gasteiger partial charge is 0.496 e. The Bertz CT molecular complexity index is 1060. The lowest BCUT2D eigenvalue weighted by Crippen LogP contribution is -2.65. The van der Waals surface area contributed by atoms with Crippen LogP contribution < -0.4 is 10.1 Å². The zero-order valence-electron chi connectivity index (χ0n) is 22.0. The first-order valence-electron chi connectivity index (χ1n) is 12.9. The molecule has 1 aromatic rings. The standard InChI is InChI=1S/C26H34BClF3NO6/c1-24(2)16-12-18(24)25(3)19(13-16)37-27(38-25)20(32-21(33)9-6-10-26(29,30)31)11-15-7-5-8-17(22(15)35-4)23(34)36-14-28/h5,7-8,16,18-20H,6,9-14H2,1-4H3,(H,32,33). The van der Waals surface area contributed by atoms with Crippen molar-refractivity contribution in [3.8, 4) is 5.75 Å². The second-order valence-electron chi connectivity index (χ2n) is 11.2. The van der Waals surface area contributed by atoms with E-state index in [1.54, 1.807) is 12.1 Å². The summed E-state index contributed by atoms with van der Waals surface area (Å²) in [6.45, 7) is 6.52. The Hall–Kier alpha value is -1.98. The summed E-state index contributed by atoms with van der Waals surface area (Å²) in [7, 11) is 0.587. The summed E-state index contributed by atoms with van der Waals surface area (Å²) in [5.74, 6) is -0.871. The molecule has 4 fully saturated rings. The number of hydrogen-bond acceptors (Lipinski definition) is 6. The number of alkyl halides is 4. The molecule has 4 aliphatic rings. The maximum atomic E-state index is 12.8. The fourth-order valence-corrected chi connectivity index (χ4v) is 6.63. The van der Waals surface area contributed by atoms with E-state index in [2.05, 4.69) is 19.2 Å². The van der Waals surface area contributed by atoms with Crippen molar-refractivity contribution in [2.24, 2.45) is 17.3 Å². The van der Waals surface area contributed by atoms with Crippen LogP contribution in [0.1, 0.15) is 68.8 Å². The van der Waals surface area contributed by atoms with Gasteiger partial charge in [0.25, 0.3) is 0 Å². The Balaban J connectivity index is 1.57. The first-order chi connectivity index (χ1) is 17.8. The van der Waals surface area contributed by atoms with Crippen molar-refractivity contribution in [1.29, 1.82) is 0 Å². The highest BCUT2D eigenvalue weighted by Crippen LogP contribution is 2.65. The van der Waals surface area contributed by atoms with Crippen LogP contribution in [0.5, 0.6) is 5.75 Å². The Morgan fingerprint density at radius 3 is 2.63 bits per heavy atom. The summed E-state index contributed by atoms with van der Waals surface area (Å²) < 4.78 is 61.2. The first kappa shape index (κ1) is 29.0. The first-order valence-corrected chi connectivity index (χ1v) is 13.4. The van der Waals surface area contributed by atoms with Crippen LogP contribution in [0, 0.1) is 17.3 Å². The number of amides is 1. The monoisotopic (exact) mass is 559 g/mol. The van der Waals surface area contributed by atoms with E-state index < -0.39 is 43.1 Å². The van der Waals surface area contributed by atoms with Crippen LogP contribution in [0.15, 0.2) is 18.2 Å². The number of carbonyl (C=O) groups is 2. The lowest BCUT2D eigenvalue weighted by molar-refractivity contribution is -0.199. The molecule has 1 heterocycles. The predicted molar refractivity (Wildman–Crippen MR) is 135 cm³/mol. The topological polar surface area (TPSA) is 83.1 Å². The molecule has 12 heteroatoms. The Kier molecular flexibility index (Phi) is 8.31. The van der Waals surface area contributed by atoms with E-state index in [0.717, 1.165) is 12.8 Å². The third kappa shape index (κ3) is 5.65. The van der Waals surface area contributed by atoms with Crippen molar-refractivity contribution in [2.45, 2.75) is 83.1 Å². The maximum Gasteiger partial charge on any atom is 0.482 e. The minimum absolute atomic E-state index is 0.111. The molecule has 0 spiro atoms. The number of para-hydroxylation sites is 1. The molecule has 3 aliphatic carbocycles. The van der Waals surface area contributed by atoms with Crippen LogP contribution in [0.3, 0.4) is 0 Å². The summed E-state index contributed by atoms with van der Waals surface area (Å²) >= 11 is 5.55. The molecular formula is C26H34BClF3NO6. The molecule has 1 aromatic carbocycles. The highest BCUT2D eigenvalue weighted by Gasteiger charge is 2.68. The average Bonchev–Trinajstić information content (AvgIpc) is 3.19. The number of hydrogen-bond donors (Lipinski definition) is 1. The third-order valence-corrected chi connectivity index (χ3v) is 8.76. The maximum absolute atomic E-state index is 12.8. The van der Waals surface area contributed by atoms with Crippen molar-refractivity contribution >= 4 is 30.6 Å². The van der Waals surface area contributed by atoms with Gasteiger partial charge in [-0.25, -0.2) is 4.79 Å². The molecule has 1 amide bonds. The molecule has 210 valence electrons. The lowest BCUT2D eigenvalue weighted by Gasteiger charge is -2.64. The molecule has 1 N–H and O–H groups in total. The number of methoxy groups -OCH3 is 1. The Labute approximate surface area is 226 Å². The second kappa shape index (κ2) is 10.9. The second-order valence-corrected chi connectivity index (χ2v) is 11.4. The number of benzene rings is 1. The summed E-state index contributed by atoms with van der Waals surface area (Å²) in [4.78, 5) is 25.2. The van der Waals surface area contributed by atoms with Crippen molar-refractivity contribution in [2.75, 3.05) is 13.2 Å². The zero-order chi connectivity index (χ0) is 27.9. The van der Waals surface area contributed by atoms with Gasteiger partial charge in [-0.3, -0.25) is 4.79 Å². The van der Waals surface area contributed by atoms with Crippen molar-refractivity contribution in [1.82, 2.24) is 5.32 Å². The van der Waals surface area contributed by atoms with Gasteiger partial charge < -0.3 is 24.1 Å². The van der Waals surface area contributed by atoms with Crippen molar-refractivity contribution in [3.05, 3.63) is 29.3 Å². The zero-order valence-corrected chi connectivity index (χ0v) is 22.8. The third-order valence-electron chi connectivity index (χ3n) is 8.65. The number of carbonyl (C=O) groups excluding carboxylic acids is 2. The number of nitrogens with one attached hydrogen (secondary N) is 1. The van der Waals surface area contributed by atoms with Crippen LogP contribution in [-0.2, 0) is 25.3 Å². The lowest BCUT2D eigenvalue weighted by atomic mass is 9.43. The summed E-state index contributed by atoms with van der Waals surface area (Å²) in [5.41, 5.74) is 0.310. The summed E-state index contributed by atoms with van der Waals surface area (Å²) in [6.07, 6.45) is -4.11. The van der Waals surface area contributed by atoms with Crippen LogP contribution in [0.2, 0.25) is 0 Å². The average molecular weight is 560 g/mol. The Morgan fingerprint density at radius 1 is 1.26 bits per heavy atom. The van der Waals surface area contributed by atoms with E-state index in [4.69, 9.17) is 30.4 Å². The molecule has 5 rings (SSSR count). The molecule has 2 bridgehead atoms. The Morgan fingerprint density at radius 2 is 2.00 bits per heavy atom. The van der Waals surface area contributed by atoms with Gasteiger partial charge in [-0.2, -0.15) is 13.2 Å². The number of esters is 1. The van der Waals surface area contributed by atoms with Gasteiger partial charge in [0.1, 0.15) is 11.3 Å². The van der Waals surface area contributed by atoms with Crippen LogP contribution in [0.4, 0.5) is 13.2 Å². The molecule has 38 heavy (non-hydrogen) atoms. The van der Waals surface area contributed by atoms with Crippen LogP contribution in [0.25, 0.3) is 0 Å². The van der Waals surface area contributed by atoms with Crippen molar-refractivity contribution in [3.63, 3.8) is 0 Å². The fraction of sp³-hybridized carbons (Fsp3) is 0.692. The van der Waals surface area contributed by atoms with E-state index in [0.29, 0.717) is 11.5 Å². The van der Waals surface area contributed by atoms with Gasteiger partial charge in [0, 0.05) is 12.8 Å². The minimum atomic E-state index is -4.33. The molecule has 3 saturated carbocycles. The summed E-state index contributed by atoms with van der Waals surface area (Å²) in [5, 5.41) is 2.85. The molecule has 1 saturated heterocycles. The molecule has 0 radical (unpaired) electrons. The fourth-order valence-electron chi connectivity index (χ4n) is 6.53. The van der Waals surface area contributed by atoms with Gasteiger partial charge in [-0.05, 0) is 61.5 Å². The highest BCUT2D eigenvalue weighted by molar-refractivity contribution is 6.48. The molecule has 5 unspecified atom stereocenters. The minimum Gasteiger partial charge on any atom is -0.496 e. The van der Waals surface area contributed by atoms with E-state index in [1.165, 1.54) is 13.2 Å². The molecule has 5 atom stereocenters. The number of rotatable bonds is 10. The van der Waals surface area contributed by atoms with E-state index in [1.807, 2.05) is 6.92 Å². The van der Waals surface area contributed by atoms with E-state index in [-0.39, 0.29) is 54.1 Å². The van der Waals surface area contributed by atoms with Crippen molar-refractivity contribution < 1.29 is 41.5 Å². The van der Waals surface area contributed by atoms with Gasteiger partial charge in [-0.1, -0.05) is 37.6 Å². The van der Waals surface area contributed by atoms with Crippen LogP contribution >= 0.6 is 11.6 Å². The number of ether oxygens (including phenoxy) is 2. The predicted octanol–water partition coefficient (Wildman–Crippen LogP) is 5.08. The molecule has 0 aromatic heterocycles. The SMILES string of the molecule is COc1c(CC(NC(=O)CCCC(F)(F)F)B2OC3CC4CC(C4(C)C)C3(C)O2)cccc1C(=O)OCCl. The van der Waals surface area contributed by atoms with Gasteiger partial charge in [0.2, 0.25) is 5.91 Å². The van der Waals surface area contributed by atoms with Gasteiger partial charge in [0.15, 0.2) is 6.07 Å². The molecule has 1 aliphatic heterocycles. The highest BCUT2D eigenvalue weighted by atomic mass is 35.5. The molecule has 7 nitrogen and oxygen atoms in total. The molecular weight excluding hydrogens is 526 g/mol.